The van der Waals surface area contributed by atoms with Crippen molar-refractivity contribution in [1.82, 2.24) is 0 Å². The number of anilines is 3. The van der Waals surface area contributed by atoms with Crippen LogP contribution in [0.3, 0.4) is 0 Å². The maximum absolute atomic E-state index is 13.0. The summed E-state index contributed by atoms with van der Waals surface area (Å²) in [7, 11) is 0. The fourth-order valence-electron chi connectivity index (χ4n) is 3.32. The van der Waals surface area contributed by atoms with Gasteiger partial charge in [-0.05, 0) is 73.7 Å². The van der Waals surface area contributed by atoms with Gasteiger partial charge in [-0.1, -0.05) is 33.6 Å². The molecule has 0 saturated carbocycles. The van der Waals surface area contributed by atoms with Gasteiger partial charge in [0.25, 0.3) is 17.7 Å². The maximum Gasteiger partial charge on any atom is 0.283 e. The first-order valence-electron chi connectivity index (χ1n) is 10.3. The van der Waals surface area contributed by atoms with Gasteiger partial charge in [0.15, 0.2) is 0 Å². The van der Waals surface area contributed by atoms with Crippen LogP contribution in [0.4, 0.5) is 17.1 Å². The number of nitrogens with zero attached hydrogens (tertiary/aromatic N) is 1. The average Bonchev–Trinajstić information content (AvgIpc) is 3.04. The number of rotatable bonds is 7. The predicted octanol–water partition coefficient (Wildman–Crippen LogP) is 5.54. The number of carbonyl (C=O) groups is 3. The molecule has 7 nitrogen and oxygen atoms in total. The summed E-state index contributed by atoms with van der Waals surface area (Å²) in [6, 6.07) is 20.3. The molecule has 1 aliphatic heterocycles. The lowest BCUT2D eigenvalue weighted by Crippen LogP contribution is -2.32. The molecule has 0 radical (unpaired) electrons. The van der Waals surface area contributed by atoms with E-state index in [1.807, 2.05) is 19.1 Å². The summed E-state index contributed by atoms with van der Waals surface area (Å²) in [5.41, 5.74) is 1.75. The molecule has 4 rings (SSSR count). The van der Waals surface area contributed by atoms with Crippen molar-refractivity contribution in [2.45, 2.75) is 6.92 Å². The highest BCUT2D eigenvalue weighted by molar-refractivity contribution is 9.10. The third-order valence-electron chi connectivity index (χ3n) is 4.93. The van der Waals surface area contributed by atoms with Crippen LogP contribution in [0.25, 0.3) is 0 Å². The zero-order valence-electron chi connectivity index (χ0n) is 18.0. The zero-order chi connectivity index (χ0) is 24.2. The van der Waals surface area contributed by atoms with Crippen molar-refractivity contribution in [3.63, 3.8) is 0 Å². The summed E-state index contributed by atoms with van der Waals surface area (Å²) in [6.07, 6.45) is 0. The van der Waals surface area contributed by atoms with Crippen molar-refractivity contribution in [3.8, 4) is 5.75 Å². The molecule has 2 N–H and O–H groups in total. The quantitative estimate of drug-likeness (QED) is 0.385. The Bertz CT molecular complexity index is 1290. The number of halogens is 2. The standard InChI is InChI=1S/C25H19BrClN3O4/c1-2-34-20-12-10-19(11-13-20)30-24(32)21(27)22(25(30)33)28-18-5-3-4-15(14-18)23(31)29-17-8-6-16(26)7-9-17/h3-14,28H,2H2,1H3,(H,29,31). The number of nitrogens with one attached hydrogen (secondary N) is 2. The molecular formula is C25H19BrClN3O4. The Morgan fingerprint density at radius 1 is 0.971 bits per heavy atom. The van der Waals surface area contributed by atoms with Crippen LogP contribution in [0.15, 0.2) is 88.0 Å². The van der Waals surface area contributed by atoms with Gasteiger partial charge in [0, 0.05) is 21.4 Å². The second-order valence-corrected chi connectivity index (χ2v) is 8.52. The molecule has 0 unspecified atom stereocenters. The summed E-state index contributed by atoms with van der Waals surface area (Å²) in [5.74, 6) is -0.928. The Hall–Kier alpha value is -3.62. The van der Waals surface area contributed by atoms with E-state index in [1.54, 1.807) is 60.7 Å². The highest BCUT2D eigenvalue weighted by Crippen LogP contribution is 2.31. The van der Waals surface area contributed by atoms with Crippen LogP contribution in [0, 0.1) is 0 Å². The molecule has 1 heterocycles. The lowest BCUT2D eigenvalue weighted by molar-refractivity contribution is -0.120. The predicted molar refractivity (Wildman–Crippen MR) is 135 cm³/mol. The number of hydrogen-bond donors (Lipinski definition) is 2. The van der Waals surface area contributed by atoms with Gasteiger partial charge < -0.3 is 15.4 Å². The lowest BCUT2D eigenvalue weighted by Gasteiger charge is -2.16. The normalized spacial score (nSPS) is 13.3. The monoisotopic (exact) mass is 539 g/mol. The first-order chi connectivity index (χ1) is 16.4. The number of carbonyl (C=O) groups excluding carboxylic acids is 3. The second-order valence-electron chi connectivity index (χ2n) is 7.23. The first-order valence-corrected chi connectivity index (χ1v) is 11.5. The third-order valence-corrected chi connectivity index (χ3v) is 5.81. The van der Waals surface area contributed by atoms with Crippen molar-refractivity contribution in [2.75, 3.05) is 22.1 Å². The van der Waals surface area contributed by atoms with Crippen LogP contribution in [0.5, 0.6) is 5.75 Å². The van der Waals surface area contributed by atoms with E-state index >= 15 is 0 Å². The number of ether oxygens (including phenoxy) is 1. The van der Waals surface area contributed by atoms with E-state index in [2.05, 4.69) is 26.6 Å². The van der Waals surface area contributed by atoms with Gasteiger partial charge in [-0.3, -0.25) is 14.4 Å². The van der Waals surface area contributed by atoms with E-state index < -0.39 is 11.8 Å². The molecule has 0 fully saturated rings. The minimum atomic E-state index is -0.637. The topological polar surface area (TPSA) is 87.7 Å². The summed E-state index contributed by atoms with van der Waals surface area (Å²) in [6.45, 7) is 2.37. The van der Waals surface area contributed by atoms with Crippen molar-refractivity contribution in [3.05, 3.63) is 93.6 Å². The Balaban J connectivity index is 1.51. The van der Waals surface area contributed by atoms with Gasteiger partial charge in [-0.2, -0.15) is 0 Å². The molecule has 3 aromatic carbocycles. The maximum atomic E-state index is 13.0. The molecule has 3 aromatic rings. The van der Waals surface area contributed by atoms with E-state index in [-0.39, 0.29) is 16.6 Å². The molecule has 0 aliphatic carbocycles. The van der Waals surface area contributed by atoms with Gasteiger partial charge in [-0.15, -0.1) is 0 Å². The smallest absolute Gasteiger partial charge is 0.283 e. The molecule has 9 heteroatoms. The van der Waals surface area contributed by atoms with Crippen molar-refractivity contribution < 1.29 is 19.1 Å². The van der Waals surface area contributed by atoms with Crippen molar-refractivity contribution in [2.24, 2.45) is 0 Å². The third kappa shape index (κ3) is 4.98. The number of imide groups is 1. The van der Waals surface area contributed by atoms with Crippen LogP contribution >= 0.6 is 27.5 Å². The summed E-state index contributed by atoms with van der Waals surface area (Å²) < 4.78 is 6.30. The highest BCUT2D eigenvalue weighted by atomic mass is 79.9. The highest BCUT2D eigenvalue weighted by Gasteiger charge is 2.39. The fraction of sp³-hybridized carbons (Fsp3) is 0.0800. The van der Waals surface area contributed by atoms with E-state index in [0.717, 1.165) is 9.37 Å². The summed E-state index contributed by atoms with van der Waals surface area (Å²) >= 11 is 9.57. The van der Waals surface area contributed by atoms with Gasteiger partial charge in [0.05, 0.1) is 12.3 Å². The summed E-state index contributed by atoms with van der Waals surface area (Å²) in [4.78, 5) is 39.4. The van der Waals surface area contributed by atoms with Crippen molar-refractivity contribution >= 4 is 62.3 Å². The number of amides is 3. The van der Waals surface area contributed by atoms with Gasteiger partial charge in [0.1, 0.15) is 16.5 Å². The number of benzene rings is 3. The van der Waals surface area contributed by atoms with E-state index in [1.165, 1.54) is 0 Å². The van der Waals surface area contributed by atoms with E-state index in [9.17, 15) is 14.4 Å². The minimum Gasteiger partial charge on any atom is -0.494 e. The van der Waals surface area contributed by atoms with Crippen LogP contribution in [0.2, 0.25) is 0 Å². The minimum absolute atomic E-state index is 0.0639. The van der Waals surface area contributed by atoms with Crippen LogP contribution in [0.1, 0.15) is 17.3 Å². The second kappa shape index (κ2) is 10.1. The SMILES string of the molecule is CCOc1ccc(N2C(=O)C(Cl)=C(Nc3cccc(C(=O)Nc4ccc(Br)cc4)c3)C2=O)cc1. The van der Waals surface area contributed by atoms with Gasteiger partial charge >= 0.3 is 0 Å². The van der Waals surface area contributed by atoms with Crippen LogP contribution in [-0.2, 0) is 9.59 Å². The zero-order valence-corrected chi connectivity index (χ0v) is 20.3. The molecule has 172 valence electrons. The molecule has 0 aromatic heterocycles. The largest absolute Gasteiger partial charge is 0.494 e. The lowest BCUT2D eigenvalue weighted by atomic mass is 10.1. The molecule has 1 aliphatic rings. The Morgan fingerprint density at radius 2 is 1.68 bits per heavy atom. The van der Waals surface area contributed by atoms with Gasteiger partial charge in [-0.25, -0.2) is 4.90 Å². The Labute approximate surface area is 209 Å². The Kier molecular flexibility index (Phi) is 7.00. The van der Waals surface area contributed by atoms with E-state index in [0.29, 0.717) is 35.0 Å². The first kappa shape index (κ1) is 23.5. The Morgan fingerprint density at radius 3 is 2.35 bits per heavy atom. The van der Waals surface area contributed by atoms with Crippen molar-refractivity contribution in [1.29, 1.82) is 0 Å². The molecule has 0 atom stereocenters. The summed E-state index contributed by atoms with van der Waals surface area (Å²) in [5, 5.41) is 5.47. The van der Waals surface area contributed by atoms with E-state index in [4.69, 9.17) is 16.3 Å². The molecule has 34 heavy (non-hydrogen) atoms. The van der Waals surface area contributed by atoms with Crippen LogP contribution in [-0.4, -0.2) is 24.3 Å². The fourth-order valence-corrected chi connectivity index (χ4v) is 3.80. The average molecular weight is 541 g/mol. The molecule has 3 amide bonds. The molecular weight excluding hydrogens is 522 g/mol. The molecule has 0 saturated heterocycles. The van der Waals surface area contributed by atoms with Crippen LogP contribution < -0.4 is 20.3 Å². The molecule has 0 bridgehead atoms. The number of hydrogen-bond acceptors (Lipinski definition) is 5. The van der Waals surface area contributed by atoms with Gasteiger partial charge in [0.2, 0.25) is 0 Å². The molecule has 0 spiro atoms.